The van der Waals surface area contributed by atoms with Crippen molar-refractivity contribution in [3.05, 3.63) is 82.8 Å². The van der Waals surface area contributed by atoms with Gasteiger partial charge in [-0.2, -0.15) is 5.26 Å². The topological polar surface area (TPSA) is 91.6 Å². The first-order chi connectivity index (χ1) is 12.5. The maximum Gasteiger partial charge on any atom is 0.259 e. The maximum absolute atomic E-state index is 13.5. The van der Waals surface area contributed by atoms with Gasteiger partial charge in [-0.25, -0.2) is 19.3 Å². The molecule has 128 valence electrons. The number of carbonyl (C=O) groups is 1. The van der Waals surface area contributed by atoms with Gasteiger partial charge in [0.05, 0.1) is 17.2 Å². The van der Waals surface area contributed by atoms with Crippen molar-refractivity contribution in [2.75, 3.05) is 5.32 Å². The van der Waals surface area contributed by atoms with Crippen LogP contribution in [0.25, 0.3) is 0 Å². The van der Waals surface area contributed by atoms with Crippen LogP contribution < -0.4 is 5.32 Å². The largest absolute Gasteiger partial charge is 0.306 e. The minimum absolute atomic E-state index is 0.275. The van der Waals surface area contributed by atoms with Crippen molar-refractivity contribution in [1.29, 1.82) is 5.26 Å². The van der Waals surface area contributed by atoms with Gasteiger partial charge in [0.25, 0.3) is 5.91 Å². The molecule has 7 heteroatoms. The van der Waals surface area contributed by atoms with Crippen LogP contribution in [-0.4, -0.2) is 20.9 Å². The zero-order chi connectivity index (χ0) is 18.5. The van der Waals surface area contributed by atoms with Crippen molar-refractivity contribution in [3.8, 4) is 6.07 Å². The summed E-state index contributed by atoms with van der Waals surface area (Å²) in [5.41, 5.74) is 2.12. The van der Waals surface area contributed by atoms with E-state index in [1.165, 1.54) is 24.5 Å². The Morgan fingerprint density at radius 2 is 1.88 bits per heavy atom. The Hall–Kier alpha value is -3.66. The molecule has 1 amide bonds. The molecule has 3 rings (SSSR count). The average molecular weight is 347 g/mol. The van der Waals surface area contributed by atoms with Crippen LogP contribution in [0, 0.1) is 24.1 Å². The summed E-state index contributed by atoms with van der Waals surface area (Å²) < 4.78 is 13.5. The van der Waals surface area contributed by atoms with E-state index in [0.717, 1.165) is 5.56 Å². The Kier molecular flexibility index (Phi) is 4.94. The third-order valence-corrected chi connectivity index (χ3v) is 3.60. The highest BCUT2D eigenvalue weighted by atomic mass is 19.1. The van der Waals surface area contributed by atoms with Crippen LogP contribution in [0.2, 0.25) is 0 Å². The van der Waals surface area contributed by atoms with E-state index in [9.17, 15) is 9.18 Å². The molecule has 0 radical (unpaired) electrons. The van der Waals surface area contributed by atoms with E-state index in [0.29, 0.717) is 29.2 Å². The molecule has 6 nitrogen and oxygen atoms in total. The highest BCUT2D eigenvalue weighted by Crippen LogP contribution is 2.15. The second-order valence-corrected chi connectivity index (χ2v) is 5.66. The molecule has 0 saturated heterocycles. The Bertz CT molecular complexity index is 978. The van der Waals surface area contributed by atoms with E-state index in [1.807, 2.05) is 6.07 Å². The van der Waals surface area contributed by atoms with Crippen LogP contribution in [0.3, 0.4) is 0 Å². The van der Waals surface area contributed by atoms with E-state index in [4.69, 9.17) is 5.26 Å². The van der Waals surface area contributed by atoms with Gasteiger partial charge < -0.3 is 5.32 Å². The molecule has 26 heavy (non-hydrogen) atoms. The summed E-state index contributed by atoms with van der Waals surface area (Å²) in [4.78, 5) is 24.3. The van der Waals surface area contributed by atoms with Crippen LogP contribution in [0.5, 0.6) is 0 Å². The minimum Gasteiger partial charge on any atom is -0.306 e. The number of nitrogens with zero attached hydrogens (tertiary/aromatic N) is 4. The lowest BCUT2D eigenvalue weighted by atomic mass is 10.0. The molecule has 0 aliphatic rings. The molecule has 0 aliphatic heterocycles. The number of halogens is 1. The van der Waals surface area contributed by atoms with Crippen molar-refractivity contribution < 1.29 is 9.18 Å². The quantitative estimate of drug-likeness (QED) is 0.783. The highest BCUT2D eigenvalue weighted by molar-refractivity contribution is 6.03. The molecule has 0 atom stereocenters. The normalized spacial score (nSPS) is 10.2. The molecule has 0 saturated carbocycles. The standard InChI is InChI=1S/C19H14FN5O/c1-12-22-10-16(11-23-12)19(26)25-18-3-2-13(9-24-18)4-14-5-15(8-21)7-17(20)6-14/h2-3,5-7,9-11H,4H2,1H3,(H,24,25,26). The van der Waals surface area contributed by atoms with Gasteiger partial charge in [0, 0.05) is 18.6 Å². The van der Waals surface area contributed by atoms with Gasteiger partial charge in [-0.15, -0.1) is 0 Å². The summed E-state index contributed by atoms with van der Waals surface area (Å²) in [6.07, 6.45) is 4.92. The SMILES string of the molecule is Cc1ncc(C(=O)Nc2ccc(Cc3cc(F)cc(C#N)c3)cn2)cn1. The van der Waals surface area contributed by atoms with Crippen molar-refractivity contribution in [2.45, 2.75) is 13.3 Å². The number of amides is 1. The maximum atomic E-state index is 13.5. The average Bonchev–Trinajstić information content (AvgIpc) is 2.63. The summed E-state index contributed by atoms with van der Waals surface area (Å²) in [6, 6.07) is 9.58. The fourth-order valence-electron chi connectivity index (χ4n) is 2.35. The molecular formula is C19H14FN5O. The lowest BCUT2D eigenvalue weighted by Crippen LogP contribution is -2.13. The summed E-state index contributed by atoms with van der Waals surface area (Å²) >= 11 is 0. The predicted molar refractivity (Wildman–Crippen MR) is 92.9 cm³/mol. The number of hydrogen-bond donors (Lipinski definition) is 1. The number of pyridine rings is 1. The Balaban J connectivity index is 1.69. The lowest BCUT2D eigenvalue weighted by Gasteiger charge is -2.06. The molecule has 0 unspecified atom stereocenters. The van der Waals surface area contributed by atoms with Crippen LogP contribution in [-0.2, 0) is 6.42 Å². The number of carbonyl (C=O) groups excluding carboxylic acids is 1. The van der Waals surface area contributed by atoms with Crippen LogP contribution in [0.15, 0.2) is 48.9 Å². The molecule has 1 aromatic carbocycles. The number of aromatic nitrogens is 3. The van der Waals surface area contributed by atoms with Gasteiger partial charge >= 0.3 is 0 Å². The van der Waals surface area contributed by atoms with E-state index in [2.05, 4.69) is 20.3 Å². The highest BCUT2D eigenvalue weighted by Gasteiger charge is 2.08. The first-order valence-corrected chi connectivity index (χ1v) is 7.78. The van der Waals surface area contributed by atoms with E-state index >= 15 is 0 Å². The second-order valence-electron chi connectivity index (χ2n) is 5.66. The first-order valence-electron chi connectivity index (χ1n) is 7.78. The zero-order valence-corrected chi connectivity index (χ0v) is 13.9. The molecule has 0 aliphatic carbocycles. The second kappa shape index (κ2) is 7.49. The number of nitriles is 1. The third-order valence-electron chi connectivity index (χ3n) is 3.60. The number of hydrogen-bond acceptors (Lipinski definition) is 5. The fraction of sp³-hybridized carbons (Fsp3) is 0.105. The number of anilines is 1. The van der Waals surface area contributed by atoms with Crippen molar-refractivity contribution in [3.63, 3.8) is 0 Å². The summed E-state index contributed by atoms with van der Waals surface area (Å²) in [6.45, 7) is 1.74. The molecule has 2 aromatic heterocycles. The molecule has 0 fully saturated rings. The Morgan fingerprint density at radius 3 is 2.54 bits per heavy atom. The van der Waals surface area contributed by atoms with Crippen LogP contribution in [0.4, 0.5) is 10.2 Å². The first kappa shape index (κ1) is 17.2. The van der Waals surface area contributed by atoms with E-state index in [-0.39, 0.29) is 11.5 Å². The van der Waals surface area contributed by atoms with Crippen molar-refractivity contribution in [2.24, 2.45) is 0 Å². The third kappa shape index (κ3) is 4.24. The van der Waals surface area contributed by atoms with Gasteiger partial charge in [-0.3, -0.25) is 4.79 Å². The molecule has 0 bridgehead atoms. The molecule has 1 N–H and O–H groups in total. The van der Waals surface area contributed by atoms with Gasteiger partial charge in [0.1, 0.15) is 17.5 Å². The number of aryl methyl sites for hydroxylation is 1. The van der Waals surface area contributed by atoms with Gasteiger partial charge in [0.15, 0.2) is 0 Å². The van der Waals surface area contributed by atoms with Crippen molar-refractivity contribution in [1.82, 2.24) is 15.0 Å². The zero-order valence-electron chi connectivity index (χ0n) is 13.9. The molecule has 3 aromatic rings. The van der Waals surface area contributed by atoms with Gasteiger partial charge in [-0.1, -0.05) is 6.07 Å². The fourth-order valence-corrected chi connectivity index (χ4v) is 2.35. The number of rotatable bonds is 4. The minimum atomic E-state index is -0.448. The molecule has 0 spiro atoms. The summed E-state index contributed by atoms with van der Waals surface area (Å²) in [5.74, 6) is 0.169. The number of benzene rings is 1. The monoisotopic (exact) mass is 347 g/mol. The molecule has 2 heterocycles. The Labute approximate surface area is 149 Å². The lowest BCUT2D eigenvalue weighted by molar-refractivity contribution is 0.102. The number of nitrogens with one attached hydrogen (secondary N) is 1. The van der Waals surface area contributed by atoms with E-state index in [1.54, 1.807) is 31.3 Å². The Morgan fingerprint density at radius 1 is 1.12 bits per heavy atom. The van der Waals surface area contributed by atoms with Crippen LogP contribution in [0.1, 0.15) is 32.9 Å². The molecular weight excluding hydrogens is 333 g/mol. The van der Waals surface area contributed by atoms with Crippen LogP contribution >= 0.6 is 0 Å². The van der Waals surface area contributed by atoms with Gasteiger partial charge in [-0.05, 0) is 48.7 Å². The van der Waals surface area contributed by atoms with Gasteiger partial charge in [0.2, 0.25) is 0 Å². The summed E-state index contributed by atoms with van der Waals surface area (Å²) in [5, 5.41) is 11.6. The predicted octanol–water partition coefficient (Wildman–Crippen LogP) is 3.03. The smallest absolute Gasteiger partial charge is 0.259 e. The van der Waals surface area contributed by atoms with Crippen molar-refractivity contribution >= 4 is 11.7 Å². The summed E-state index contributed by atoms with van der Waals surface area (Å²) in [7, 11) is 0. The van der Waals surface area contributed by atoms with E-state index < -0.39 is 5.82 Å².